The number of carboxylic acids is 1. The van der Waals surface area contributed by atoms with Crippen LogP contribution in [0.2, 0.25) is 0 Å². The molecule has 0 radical (unpaired) electrons. The van der Waals surface area contributed by atoms with Crippen molar-refractivity contribution in [3.05, 3.63) is 47.7 Å². The summed E-state index contributed by atoms with van der Waals surface area (Å²) in [7, 11) is 0. The zero-order chi connectivity index (χ0) is 17.7. The Labute approximate surface area is 136 Å². The minimum Gasteiger partial charge on any atom is -0.494 e. The molecule has 0 amide bonds. The van der Waals surface area contributed by atoms with Crippen molar-refractivity contribution in [2.45, 2.75) is 25.9 Å². The van der Waals surface area contributed by atoms with E-state index in [0.29, 0.717) is 18.6 Å². The Morgan fingerprint density at radius 3 is 2.54 bits per heavy atom. The van der Waals surface area contributed by atoms with Gasteiger partial charge < -0.3 is 9.84 Å². The number of hydrogen-bond donors (Lipinski definition) is 1. The molecule has 2 aromatic rings. The summed E-state index contributed by atoms with van der Waals surface area (Å²) in [6, 6.07) is 6.57. The number of ether oxygens (including phenoxy) is 1. The standard InChI is InChI=1S/C17H16F3NO3/c1-2-7-24-12-4-5-13(14(9-12)17(18,19)20)15-6-3-11(10-21-15)8-16(22)23/h3-6,9-10H,2,7-8H2,1H3,(H,22,23). The Bertz CT molecular complexity index is 712. The maximum absolute atomic E-state index is 13.3. The molecule has 7 heteroatoms. The summed E-state index contributed by atoms with van der Waals surface area (Å²) in [5.41, 5.74) is -0.371. The summed E-state index contributed by atoms with van der Waals surface area (Å²) in [5, 5.41) is 8.71. The van der Waals surface area contributed by atoms with Crippen LogP contribution in [0.15, 0.2) is 36.5 Å². The van der Waals surface area contributed by atoms with Crippen molar-refractivity contribution in [3.8, 4) is 17.0 Å². The van der Waals surface area contributed by atoms with Crippen molar-refractivity contribution in [2.75, 3.05) is 6.61 Å². The van der Waals surface area contributed by atoms with E-state index in [4.69, 9.17) is 9.84 Å². The SMILES string of the molecule is CCCOc1ccc(-c2ccc(CC(=O)O)cn2)c(C(F)(F)F)c1. The smallest absolute Gasteiger partial charge is 0.417 e. The lowest BCUT2D eigenvalue weighted by molar-refractivity contribution is -0.137. The van der Waals surface area contributed by atoms with Gasteiger partial charge in [-0.05, 0) is 36.2 Å². The van der Waals surface area contributed by atoms with Crippen molar-refractivity contribution in [3.63, 3.8) is 0 Å². The molecule has 2 rings (SSSR count). The van der Waals surface area contributed by atoms with Crippen LogP contribution >= 0.6 is 0 Å². The van der Waals surface area contributed by atoms with Gasteiger partial charge in [-0.2, -0.15) is 13.2 Å². The first-order valence-electron chi connectivity index (χ1n) is 7.32. The average molecular weight is 339 g/mol. The van der Waals surface area contributed by atoms with Crippen LogP contribution in [0, 0.1) is 0 Å². The molecule has 1 aromatic carbocycles. The van der Waals surface area contributed by atoms with Crippen LogP contribution in [0.25, 0.3) is 11.3 Å². The fraction of sp³-hybridized carbons (Fsp3) is 0.294. The van der Waals surface area contributed by atoms with E-state index in [1.54, 1.807) is 0 Å². The zero-order valence-corrected chi connectivity index (χ0v) is 12.9. The van der Waals surface area contributed by atoms with E-state index in [0.717, 1.165) is 6.07 Å². The second kappa shape index (κ2) is 7.33. The summed E-state index contributed by atoms with van der Waals surface area (Å²) in [4.78, 5) is 14.6. The van der Waals surface area contributed by atoms with Gasteiger partial charge in [-0.15, -0.1) is 0 Å². The summed E-state index contributed by atoms with van der Waals surface area (Å²) >= 11 is 0. The quantitative estimate of drug-likeness (QED) is 0.857. The molecule has 0 bridgehead atoms. The number of hydrogen-bond acceptors (Lipinski definition) is 3. The monoisotopic (exact) mass is 339 g/mol. The minimum atomic E-state index is -4.55. The van der Waals surface area contributed by atoms with Gasteiger partial charge >= 0.3 is 12.1 Å². The van der Waals surface area contributed by atoms with Gasteiger partial charge in [0.25, 0.3) is 0 Å². The molecule has 0 atom stereocenters. The van der Waals surface area contributed by atoms with E-state index in [9.17, 15) is 18.0 Å². The van der Waals surface area contributed by atoms with Crippen LogP contribution < -0.4 is 4.74 Å². The third-order valence-corrected chi connectivity index (χ3v) is 3.23. The second-order valence-corrected chi connectivity index (χ2v) is 5.18. The number of aliphatic carboxylic acids is 1. The van der Waals surface area contributed by atoms with Crippen molar-refractivity contribution in [2.24, 2.45) is 0 Å². The van der Waals surface area contributed by atoms with E-state index in [1.807, 2.05) is 6.92 Å². The lowest BCUT2D eigenvalue weighted by Gasteiger charge is -2.15. The Morgan fingerprint density at radius 1 is 1.25 bits per heavy atom. The van der Waals surface area contributed by atoms with E-state index >= 15 is 0 Å². The maximum Gasteiger partial charge on any atom is 0.417 e. The summed E-state index contributed by atoms with van der Waals surface area (Å²) in [5.74, 6) is -0.881. The summed E-state index contributed by atoms with van der Waals surface area (Å²) in [6.45, 7) is 2.19. The lowest BCUT2D eigenvalue weighted by Crippen LogP contribution is -2.09. The second-order valence-electron chi connectivity index (χ2n) is 5.18. The minimum absolute atomic E-state index is 0.0757. The molecule has 0 spiro atoms. The van der Waals surface area contributed by atoms with Crippen LogP contribution in [0.3, 0.4) is 0 Å². The molecule has 1 aromatic heterocycles. The first kappa shape index (κ1) is 17.8. The highest BCUT2D eigenvalue weighted by Gasteiger charge is 2.34. The number of rotatable bonds is 6. The summed E-state index contributed by atoms with van der Waals surface area (Å²) < 4.78 is 45.2. The Morgan fingerprint density at radius 2 is 2.00 bits per heavy atom. The number of alkyl halides is 3. The van der Waals surface area contributed by atoms with Crippen LogP contribution in [0.5, 0.6) is 5.75 Å². The van der Waals surface area contributed by atoms with Crippen LogP contribution in [-0.2, 0) is 17.4 Å². The van der Waals surface area contributed by atoms with Gasteiger partial charge in [-0.1, -0.05) is 13.0 Å². The lowest BCUT2D eigenvalue weighted by atomic mass is 10.0. The Balaban J connectivity index is 2.39. The van der Waals surface area contributed by atoms with E-state index in [-0.39, 0.29) is 23.4 Å². The molecule has 0 aliphatic heterocycles. The number of nitrogens with zero attached hydrogens (tertiary/aromatic N) is 1. The van der Waals surface area contributed by atoms with Crippen molar-refractivity contribution >= 4 is 5.97 Å². The first-order valence-corrected chi connectivity index (χ1v) is 7.32. The third-order valence-electron chi connectivity index (χ3n) is 3.23. The Kier molecular flexibility index (Phi) is 5.43. The highest BCUT2D eigenvalue weighted by atomic mass is 19.4. The third kappa shape index (κ3) is 4.47. The maximum atomic E-state index is 13.3. The molecule has 1 N–H and O–H groups in total. The van der Waals surface area contributed by atoms with Crippen molar-refractivity contribution < 1.29 is 27.8 Å². The van der Waals surface area contributed by atoms with Gasteiger partial charge in [-0.25, -0.2) is 0 Å². The molecule has 0 saturated carbocycles. The molecule has 0 unspecified atom stereocenters. The molecule has 128 valence electrons. The number of carboxylic acid groups (broad SMARTS) is 1. The highest BCUT2D eigenvalue weighted by Crippen LogP contribution is 2.38. The number of halogens is 3. The summed E-state index contributed by atoms with van der Waals surface area (Å²) in [6.07, 6.45) is -2.83. The van der Waals surface area contributed by atoms with Gasteiger partial charge in [0.2, 0.25) is 0 Å². The van der Waals surface area contributed by atoms with Gasteiger partial charge in [-0.3, -0.25) is 9.78 Å². The number of carbonyl (C=O) groups is 1. The van der Waals surface area contributed by atoms with Gasteiger partial charge in [0, 0.05) is 11.8 Å². The number of benzene rings is 1. The van der Waals surface area contributed by atoms with Gasteiger partial charge in [0.1, 0.15) is 5.75 Å². The molecule has 0 saturated heterocycles. The zero-order valence-electron chi connectivity index (χ0n) is 12.9. The van der Waals surface area contributed by atoms with Crippen LogP contribution in [0.1, 0.15) is 24.5 Å². The molecule has 4 nitrogen and oxygen atoms in total. The molecule has 0 aliphatic carbocycles. The first-order chi connectivity index (χ1) is 11.3. The van der Waals surface area contributed by atoms with Gasteiger partial charge in [0.05, 0.1) is 24.3 Å². The van der Waals surface area contributed by atoms with Crippen molar-refractivity contribution in [1.82, 2.24) is 4.98 Å². The van der Waals surface area contributed by atoms with Crippen LogP contribution in [-0.4, -0.2) is 22.7 Å². The Hall–Kier alpha value is -2.57. The van der Waals surface area contributed by atoms with Crippen molar-refractivity contribution in [1.29, 1.82) is 0 Å². The van der Waals surface area contributed by atoms with E-state index in [2.05, 4.69) is 4.98 Å². The highest BCUT2D eigenvalue weighted by molar-refractivity contribution is 5.71. The molecular formula is C17H16F3NO3. The molecule has 24 heavy (non-hydrogen) atoms. The topological polar surface area (TPSA) is 59.4 Å². The van der Waals surface area contributed by atoms with E-state index < -0.39 is 17.7 Å². The largest absolute Gasteiger partial charge is 0.494 e. The molecular weight excluding hydrogens is 323 g/mol. The fourth-order valence-corrected chi connectivity index (χ4v) is 2.15. The molecule has 0 fully saturated rings. The predicted molar refractivity (Wildman–Crippen MR) is 81.8 cm³/mol. The molecule has 1 heterocycles. The van der Waals surface area contributed by atoms with Crippen LogP contribution in [0.4, 0.5) is 13.2 Å². The molecule has 0 aliphatic rings. The number of aromatic nitrogens is 1. The van der Waals surface area contributed by atoms with E-state index in [1.165, 1.54) is 30.5 Å². The normalized spacial score (nSPS) is 11.3. The van der Waals surface area contributed by atoms with Gasteiger partial charge in [0.15, 0.2) is 0 Å². The predicted octanol–water partition coefficient (Wildman–Crippen LogP) is 4.18. The number of pyridine rings is 1. The average Bonchev–Trinajstić information content (AvgIpc) is 2.52. The fourth-order valence-electron chi connectivity index (χ4n) is 2.15.